The van der Waals surface area contributed by atoms with E-state index in [4.69, 9.17) is 0 Å². The first-order valence-electron chi connectivity index (χ1n) is 8.27. The van der Waals surface area contributed by atoms with Crippen LogP contribution in [0.2, 0.25) is 0 Å². The third-order valence-electron chi connectivity index (χ3n) is 4.04. The van der Waals surface area contributed by atoms with E-state index in [0.29, 0.717) is 5.65 Å². The lowest BCUT2D eigenvalue weighted by molar-refractivity contribution is 0.731. The second kappa shape index (κ2) is 6.98. The quantitative estimate of drug-likeness (QED) is 0.574. The van der Waals surface area contributed by atoms with Crippen molar-refractivity contribution >= 4 is 22.8 Å². The molecular weight excluding hydrogens is 332 g/mol. The molecule has 0 saturated heterocycles. The van der Waals surface area contributed by atoms with Gasteiger partial charge in [-0.15, -0.1) is 26.2 Å². The summed E-state index contributed by atoms with van der Waals surface area (Å²) in [7, 11) is 0. The maximum Gasteiger partial charge on any atom is 0.200 e. The van der Waals surface area contributed by atoms with Gasteiger partial charge in [0.25, 0.3) is 0 Å². The van der Waals surface area contributed by atoms with Crippen LogP contribution in [0.1, 0.15) is 35.4 Å². The monoisotopic (exact) mass is 350 g/mol. The molecular formula is C18H18N6S. The zero-order valence-electron chi connectivity index (χ0n) is 13.8. The number of tetrazole rings is 1. The summed E-state index contributed by atoms with van der Waals surface area (Å²) < 4.78 is 1.43. The Bertz CT molecular complexity index is 945. The molecule has 3 heterocycles. The van der Waals surface area contributed by atoms with Crippen molar-refractivity contribution in [3.8, 4) is 0 Å². The Kier molecular flexibility index (Phi) is 4.39. The van der Waals surface area contributed by atoms with E-state index in [1.807, 2.05) is 12.1 Å². The Labute approximate surface area is 149 Å². The zero-order chi connectivity index (χ0) is 17.1. The Hall–Kier alpha value is -2.80. The number of nitrogens with one attached hydrogen (secondary N) is 1. The molecule has 4 rings (SSSR count). The van der Waals surface area contributed by atoms with Crippen molar-refractivity contribution in [1.82, 2.24) is 25.3 Å². The molecule has 0 spiro atoms. The van der Waals surface area contributed by atoms with Gasteiger partial charge >= 0.3 is 0 Å². The van der Waals surface area contributed by atoms with Crippen LogP contribution in [-0.4, -0.2) is 25.3 Å². The number of fused-ring (bicyclic) bond motifs is 1. The fourth-order valence-electron chi connectivity index (χ4n) is 2.81. The van der Waals surface area contributed by atoms with Crippen LogP contribution in [0.15, 0.2) is 53.9 Å². The van der Waals surface area contributed by atoms with Crippen LogP contribution in [0.4, 0.5) is 5.82 Å². The van der Waals surface area contributed by atoms with E-state index in [9.17, 15) is 0 Å². The summed E-state index contributed by atoms with van der Waals surface area (Å²) in [5.41, 5.74) is 3.20. The Morgan fingerprint density at radius 3 is 2.76 bits per heavy atom. The van der Waals surface area contributed by atoms with Crippen LogP contribution < -0.4 is 5.32 Å². The topological polar surface area (TPSA) is 68.0 Å². The summed E-state index contributed by atoms with van der Waals surface area (Å²) >= 11 is 1.73. The first-order chi connectivity index (χ1) is 12.3. The molecule has 126 valence electrons. The van der Waals surface area contributed by atoms with E-state index in [1.54, 1.807) is 11.3 Å². The van der Waals surface area contributed by atoms with Crippen molar-refractivity contribution in [2.45, 2.75) is 25.8 Å². The summed E-state index contributed by atoms with van der Waals surface area (Å²) in [6, 6.07) is 16.8. The molecule has 0 unspecified atom stereocenters. The predicted molar refractivity (Wildman–Crippen MR) is 98.8 cm³/mol. The third kappa shape index (κ3) is 3.36. The fraction of sp³-hybridized carbons (Fsp3) is 0.222. The van der Waals surface area contributed by atoms with Crippen LogP contribution >= 0.6 is 11.3 Å². The number of benzene rings is 1. The van der Waals surface area contributed by atoms with E-state index < -0.39 is 0 Å². The van der Waals surface area contributed by atoms with Gasteiger partial charge in [-0.1, -0.05) is 43.7 Å². The smallest absolute Gasteiger partial charge is 0.200 e. The van der Waals surface area contributed by atoms with Crippen LogP contribution in [0.25, 0.3) is 5.65 Å². The number of hydrogen-bond acceptors (Lipinski definition) is 6. The largest absolute Gasteiger partial charge is 0.357 e. The fourth-order valence-corrected chi connectivity index (χ4v) is 3.62. The highest BCUT2D eigenvalue weighted by molar-refractivity contribution is 7.10. The summed E-state index contributed by atoms with van der Waals surface area (Å²) in [5.74, 6) is 0.732. The molecule has 4 aromatic rings. The first-order valence-corrected chi connectivity index (χ1v) is 9.15. The average molecular weight is 350 g/mol. The highest BCUT2D eigenvalue weighted by atomic mass is 32.1. The lowest BCUT2D eigenvalue weighted by atomic mass is 10.0. The minimum atomic E-state index is 0.0390. The van der Waals surface area contributed by atoms with Crippen molar-refractivity contribution < 1.29 is 0 Å². The van der Waals surface area contributed by atoms with Gasteiger partial charge in [-0.3, -0.25) is 0 Å². The highest BCUT2D eigenvalue weighted by Crippen LogP contribution is 2.29. The van der Waals surface area contributed by atoms with Crippen LogP contribution in [0, 0.1) is 0 Å². The van der Waals surface area contributed by atoms with Crippen LogP contribution in [0.3, 0.4) is 0 Å². The first kappa shape index (κ1) is 15.7. The number of nitrogens with zero attached hydrogens (tertiary/aromatic N) is 5. The molecule has 1 aromatic carbocycles. The van der Waals surface area contributed by atoms with E-state index in [-0.39, 0.29) is 6.04 Å². The number of aryl methyl sites for hydroxylation is 1. The molecule has 0 radical (unpaired) electrons. The number of thiophene rings is 1. The van der Waals surface area contributed by atoms with Crippen molar-refractivity contribution in [1.29, 1.82) is 0 Å². The van der Waals surface area contributed by atoms with E-state index in [2.05, 4.69) is 74.6 Å². The second-order valence-corrected chi connectivity index (χ2v) is 6.81. The Morgan fingerprint density at radius 2 is 2.00 bits per heavy atom. The molecule has 0 saturated carbocycles. The molecule has 0 aliphatic heterocycles. The zero-order valence-corrected chi connectivity index (χ0v) is 14.6. The minimum Gasteiger partial charge on any atom is -0.357 e. The molecule has 3 aromatic heterocycles. The standard InChI is InChI=1S/C18H18N6S/c1-2-4-13-6-8-14(9-7-13)18(15-5-3-12-25-15)19-16-10-11-17-20-22-23-24(17)21-16/h3,5-12,18H,2,4H2,1H3,(H,19,21)/t18-/m0/s1. The molecule has 0 fully saturated rings. The maximum absolute atomic E-state index is 4.43. The van der Waals surface area contributed by atoms with Gasteiger partial charge in [-0.2, -0.15) is 0 Å². The van der Waals surface area contributed by atoms with Gasteiger partial charge in [0.1, 0.15) is 5.82 Å². The number of hydrogen-bond donors (Lipinski definition) is 1. The normalized spacial score (nSPS) is 12.4. The maximum atomic E-state index is 4.43. The molecule has 1 N–H and O–H groups in total. The molecule has 6 nitrogen and oxygen atoms in total. The summed E-state index contributed by atoms with van der Waals surface area (Å²) in [5, 5.41) is 21.4. The number of anilines is 1. The van der Waals surface area contributed by atoms with Crippen LogP contribution in [-0.2, 0) is 6.42 Å². The van der Waals surface area contributed by atoms with E-state index >= 15 is 0 Å². The summed E-state index contributed by atoms with van der Waals surface area (Å²) in [6.45, 7) is 2.20. The number of rotatable bonds is 6. The molecule has 1 atom stereocenters. The van der Waals surface area contributed by atoms with Crippen molar-refractivity contribution in [2.75, 3.05) is 5.32 Å². The van der Waals surface area contributed by atoms with Gasteiger partial charge in [0.15, 0.2) is 5.65 Å². The lowest BCUT2D eigenvalue weighted by Gasteiger charge is -2.19. The molecule has 0 amide bonds. The average Bonchev–Trinajstić information content (AvgIpc) is 3.32. The molecule has 0 aliphatic carbocycles. The van der Waals surface area contributed by atoms with E-state index in [1.165, 1.54) is 20.6 Å². The highest BCUT2D eigenvalue weighted by Gasteiger charge is 2.16. The third-order valence-corrected chi connectivity index (χ3v) is 4.98. The van der Waals surface area contributed by atoms with Gasteiger partial charge in [0.05, 0.1) is 6.04 Å². The molecule has 0 bridgehead atoms. The molecule has 25 heavy (non-hydrogen) atoms. The van der Waals surface area contributed by atoms with Crippen molar-refractivity contribution in [3.05, 3.63) is 69.9 Å². The minimum absolute atomic E-state index is 0.0390. The van der Waals surface area contributed by atoms with Crippen LogP contribution in [0.5, 0.6) is 0 Å². The van der Waals surface area contributed by atoms with Gasteiger partial charge in [-0.05, 0) is 51.6 Å². The lowest BCUT2D eigenvalue weighted by Crippen LogP contribution is -2.13. The summed E-state index contributed by atoms with van der Waals surface area (Å²) in [6.07, 6.45) is 2.26. The second-order valence-electron chi connectivity index (χ2n) is 5.83. The van der Waals surface area contributed by atoms with Crippen molar-refractivity contribution in [2.24, 2.45) is 0 Å². The van der Waals surface area contributed by atoms with Gasteiger partial charge < -0.3 is 5.32 Å². The summed E-state index contributed by atoms with van der Waals surface area (Å²) in [4.78, 5) is 1.24. The SMILES string of the molecule is CCCc1ccc([C@H](Nc2ccc3nnnn3n2)c2cccs2)cc1. The predicted octanol–water partition coefficient (Wildman–Crippen LogP) is 3.73. The number of aromatic nitrogens is 5. The van der Waals surface area contributed by atoms with Gasteiger partial charge in [0.2, 0.25) is 0 Å². The Balaban J connectivity index is 1.66. The van der Waals surface area contributed by atoms with Crippen molar-refractivity contribution in [3.63, 3.8) is 0 Å². The van der Waals surface area contributed by atoms with Gasteiger partial charge in [-0.25, -0.2) is 0 Å². The van der Waals surface area contributed by atoms with E-state index in [0.717, 1.165) is 18.7 Å². The van der Waals surface area contributed by atoms with Gasteiger partial charge in [0, 0.05) is 4.88 Å². The Morgan fingerprint density at radius 1 is 1.12 bits per heavy atom. The molecule has 7 heteroatoms. The molecule has 0 aliphatic rings.